The maximum atomic E-state index is 14.8. The minimum atomic E-state index is -0.819. The number of hydrogen-bond acceptors (Lipinski definition) is 9. The number of aliphatic imine (C=N–C) groups is 1. The highest BCUT2D eigenvalue weighted by Crippen LogP contribution is 2.30. The Morgan fingerprint density at radius 2 is 1.89 bits per heavy atom. The molecule has 4 aromatic rings. The molecule has 1 aliphatic rings. The summed E-state index contributed by atoms with van der Waals surface area (Å²) >= 11 is 0. The lowest BCUT2D eigenvalue weighted by molar-refractivity contribution is -0.126. The number of Topliss-reactive ketones (excluding diaryl/α,β-unsaturated/α-hetero) is 1. The molecule has 0 atom stereocenters. The van der Waals surface area contributed by atoms with Gasteiger partial charge in [-0.15, -0.1) is 0 Å². The van der Waals surface area contributed by atoms with Crippen molar-refractivity contribution in [3.63, 3.8) is 0 Å². The van der Waals surface area contributed by atoms with E-state index in [0.717, 1.165) is 28.2 Å². The lowest BCUT2D eigenvalue weighted by Crippen LogP contribution is -2.50. The first-order valence-corrected chi connectivity index (χ1v) is 11.8. The number of fused-ring (bicyclic) bond motifs is 1. The highest BCUT2D eigenvalue weighted by Gasteiger charge is 2.31. The van der Waals surface area contributed by atoms with E-state index in [1.54, 1.807) is 6.20 Å². The fourth-order valence-electron chi connectivity index (χ4n) is 4.44. The van der Waals surface area contributed by atoms with Crippen LogP contribution in [0.4, 0.5) is 15.9 Å². The van der Waals surface area contributed by atoms with Crippen molar-refractivity contribution in [2.45, 2.75) is 0 Å². The van der Waals surface area contributed by atoms with Gasteiger partial charge in [-0.25, -0.2) is 25.2 Å². The molecule has 192 valence electrons. The van der Waals surface area contributed by atoms with E-state index in [1.165, 1.54) is 29.8 Å². The summed E-state index contributed by atoms with van der Waals surface area (Å²) in [5, 5.41) is 1.05. The Balaban J connectivity index is 1.34. The Kier molecular flexibility index (Phi) is 6.87. The van der Waals surface area contributed by atoms with Crippen molar-refractivity contribution in [1.29, 1.82) is 0 Å². The van der Waals surface area contributed by atoms with E-state index in [4.69, 9.17) is 5.84 Å². The zero-order valence-corrected chi connectivity index (χ0v) is 20.3. The first-order chi connectivity index (χ1) is 18.5. The first-order valence-electron chi connectivity index (χ1n) is 11.8. The number of H-pyrrole nitrogens is 1. The Morgan fingerprint density at radius 1 is 1.13 bits per heavy atom. The van der Waals surface area contributed by atoms with Crippen LogP contribution in [0.25, 0.3) is 22.2 Å². The van der Waals surface area contributed by atoms with E-state index >= 15 is 0 Å². The number of nitrogens with zero attached hydrogens (tertiary/aromatic N) is 7. The molecule has 0 saturated carbocycles. The van der Waals surface area contributed by atoms with Gasteiger partial charge in [-0.1, -0.05) is 30.3 Å². The van der Waals surface area contributed by atoms with Crippen LogP contribution in [-0.2, 0) is 4.79 Å². The van der Waals surface area contributed by atoms with Crippen molar-refractivity contribution in [2.75, 3.05) is 36.1 Å². The summed E-state index contributed by atoms with van der Waals surface area (Å²) in [6, 6.07) is 9.77. The number of benzene rings is 1. The van der Waals surface area contributed by atoms with Crippen molar-refractivity contribution in [3.8, 4) is 11.3 Å². The minimum Gasteiger partial charge on any atom is -0.365 e. The second-order valence-corrected chi connectivity index (χ2v) is 8.50. The SMILES string of the molecule is C=N/C=C\N(N)c1ncc(F)c2c(C(=O)C(=O)N3CCN(c4cncnc4-c4ccccc4)CC3)c[nH]c12. The number of aromatic amines is 1. The highest BCUT2D eigenvalue weighted by molar-refractivity contribution is 6.45. The number of anilines is 2. The molecular weight excluding hydrogens is 489 g/mol. The van der Waals surface area contributed by atoms with Crippen molar-refractivity contribution >= 4 is 40.8 Å². The third-order valence-corrected chi connectivity index (χ3v) is 6.31. The molecule has 1 saturated heterocycles. The third-order valence-electron chi connectivity index (χ3n) is 6.31. The topological polar surface area (TPSA) is 137 Å². The third kappa shape index (κ3) is 4.60. The molecular formula is C26H24FN9O2. The number of nitrogens with two attached hydrogens (primary N) is 1. The van der Waals surface area contributed by atoms with Crippen LogP contribution in [0.1, 0.15) is 10.4 Å². The van der Waals surface area contributed by atoms with Gasteiger partial charge < -0.3 is 14.8 Å². The van der Waals surface area contributed by atoms with E-state index < -0.39 is 17.5 Å². The van der Waals surface area contributed by atoms with Gasteiger partial charge in [-0.05, 0) is 6.72 Å². The van der Waals surface area contributed by atoms with Crippen LogP contribution in [-0.4, -0.2) is 69.4 Å². The molecule has 0 aliphatic carbocycles. The molecule has 1 amide bonds. The quantitative estimate of drug-likeness (QED) is 0.126. The molecule has 11 nitrogen and oxygen atoms in total. The number of halogens is 1. The summed E-state index contributed by atoms with van der Waals surface area (Å²) in [7, 11) is 0. The number of ketones is 1. The molecule has 38 heavy (non-hydrogen) atoms. The van der Waals surface area contributed by atoms with Crippen LogP contribution in [0.3, 0.4) is 0 Å². The van der Waals surface area contributed by atoms with Gasteiger partial charge in [0.25, 0.3) is 11.7 Å². The molecule has 0 unspecified atom stereocenters. The van der Waals surface area contributed by atoms with Gasteiger partial charge in [0.05, 0.1) is 40.2 Å². The summed E-state index contributed by atoms with van der Waals surface area (Å²) in [6.07, 6.45) is 8.21. The van der Waals surface area contributed by atoms with E-state index in [1.807, 2.05) is 30.3 Å². The van der Waals surface area contributed by atoms with E-state index in [0.29, 0.717) is 26.2 Å². The predicted molar refractivity (Wildman–Crippen MR) is 142 cm³/mol. The van der Waals surface area contributed by atoms with Gasteiger partial charge in [-0.2, -0.15) is 0 Å². The molecule has 0 spiro atoms. The largest absolute Gasteiger partial charge is 0.365 e. The second-order valence-electron chi connectivity index (χ2n) is 8.50. The van der Waals surface area contributed by atoms with Gasteiger partial charge in [0.1, 0.15) is 6.33 Å². The maximum absolute atomic E-state index is 14.8. The average Bonchev–Trinajstić information content (AvgIpc) is 3.42. The molecule has 0 radical (unpaired) electrons. The fourth-order valence-corrected chi connectivity index (χ4v) is 4.44. The fraction of sp³-hybridized carbons (Fsp3) is 0.154. The van der Waals surface area contributed by atoms with Crippen LogP contribution in [0.2, 0.25) is 0 Å². The summed E-state index contributed by atoms with van der Waals surface area (Å²) in [4.78, 5) is 48.9. The monoisotopic (exact) mass is 513 g/mol. The van der Waals surface area contributed by atoms with Crippen molar-refractivity contribution in [2.24, 2.45) is 10.8 Å². The zero-order valence-electron chi connectivity index (χ0n) is 20.3. The van der Waals surface area contributed by atoms with E-state index in [9.17, 15) is 14.0 Å². The van der Waals surface area contributed by atoms with Gasteiger partial charge in [0.15, 0.2) is 11.6 Å². The van der Waals surface area contributed by atoms with Crippen LogP contribution in [0.5, 0.6) is 0 Å². The Morgan fingerprint density at radius 3 is 2.63 bits per heavy atom. The van der Waals surface area contributed by atoms with Gasteiger partial charge in [-0.3, -0.25) is 19.6 Å². The standard InChI is InChI=1S/C26H24FN9O2/c1-29-7-8-36(28)25-23-21(19(27)14-32-25)18(13-31-23)24(37)26(38)35-11-9-34(10-12-35)20-15-30-16-33-22(20)17-5-3-2-4-6-17/h2-8,13-16,31H,1,9-12,28H2/b8-7-. The number of aromatic nitrogens is 4. The summed E-state index contributed by atoms with van der Waals surface area (Å²) in [5.74, 6) is 3.82. The minimum absolute atomic E-state index is 0.0589. The van der Waals surface area contributed by atoms with Crippen molar-refractivity contribution < 1.29 is 14.0 Å². The number of nitrogens with one attached hydrogen (secondary N) is 1. The van der Waals surface area contributed by atoms with Gasteiger partial charge in [0.2, 0.25) is 0 Å². The highest BCUT2D eigenvalue weighted by atomic mass is 19.1. The smallest absolute Gasteiger partial charge is 0.295 e. The Labute approximate surface area is 217 Å². The molecule has 1 aromatic carbocycles. The molecule has 5 rings (SSSR count). The number of piperazine rings is 1. The molecule has 3 aromatic heterocycles. The maximum Gasteiger partial charge on any atom is 0.295 e. The molecule has 12 heteroatoms. The lowest BCUT2D eigenvalue weighted by atomic mass is 10.1. The van der Waals surface area contributed by atoms with Crippen molar-refractivity contribution in [3.05, 3.63) is 79.0 Å². The van der Waals surface area contributed by atoms with Crippen LogP contribution in [0.15, 0.2) is 72.6 Å². The Bertz CT molecular complexity index is 1530. The molecule has 3 N–H and O–H groups in total. The number of amides is 1. The summed E-state index contributed by atoms with van der Waals surface area (Å²) in [6.45, 7) is 4.91. The number of rotatable bonds is 7. The zero-order chi connectivity index (χ0) is 26.6. The molecule has 1 aliphatic heterocycles. The second kappa shape index (κ2) is 10.6. The number of carbonyl (C=O) groups is 2. The summed E-state index contributed by atoms with van der Waals surface area (Å²) in [5.41, 5.74) is 2.70. The Hall–Kier alpha value is -4.97. The lowest BCUT2D eigenvalue weighted by Gasteiger charge is -2.36. The van der Waals surface area contributed by atoms with Crippen LogP contribution < -0.4 is 15.8 Å². The van der Waals surface area contributed by atoms with Gasteiger partial charge in [0, 0.05) is 50.3 Å². The average molecular weight is 514 g/mol. The van der Waals surface area contributed by atoms with Crippen molar-refractivity contribution in [1.82, 2.24) is 24.8 Å². The first kappa shape index (κ1) is 24.7. The van der Waals surface area contributed by atoms with E-state index in [2.05, 4.69) is 36.5 Å². The normalized spacial score (nSPS) is 13.7. The van der Waals surface area contributed by atoms with Gasteiger partial charge >= 0.3 is 0 Å². The van der Waals surface area contributed by atoms with E-state index in [-0.39, 0.29) is 22.3 Å². The van der Waals surface area contributed by atoms with Crippen LogP contribution >= 0.6 is 0 Å². The molecule has 0 bridgehead atoms. The molecule has 1 fully saturated rings. The summed E-state index contributed by atoms with van der Waals surface area (Å²) < 4.78 is 14.8. The number of pyridine rings is 1. The number of carbonyl (C=O) groups excluding carboxylic acids is 2. The number of hydrazine groups is 1. The predicted octanol–water partition coefficient (Wildman–Crippen LogP) is 2.54. The van der Waals surface area contributed by atoms with Crippen LogP contribution in [0, 0.1) is 5.82 Å². The number of hydrogen-bond donors (Lipinski definition) is 2. The molecule has 4 heterocycles.